The zero-order chi connectivity index (χ0) is 24.6. The van der Waals surface area contributed by atoms with Crippen molar-refractivity contribution in [1.82, 2.24) is 29.7 Å². The second-order valence-electron chi connectivity index (χ2n) is 8.94. The van der Waals surface area contributed by atoms with Crippen molar-refractivity contribution >= 4 is 28.4 Å². The molecule has 0 saturated carbocycles. The van der Waals surface area contributed by atoms with Crippen molar-refractivity contribution < 1.29 is 9.47 Å². The number of ether oxygens (including phenoxy) is 2. The molecule has 4 aromatic rings. The summed E-state index contributed by atoms with van der Waals surface area (Å²) in [5.74, 6) is 2.81. The maximum Gasteiger partial charge on any atom is 0.227 e. The van der Waals surface area contributed by atoms with Crippen molar-refractivity contribution in [2.24, 2.45) is 0 Å². The van der Waals surface area contributed by atoms with Crippen molar-refractivity contribution in [1.29, 1.82) is 0 Å². The maximum atomic E-state index is 5.94. The van der Waals surface area contributed by atoms with Gasteiger partial charge in [0.25, 0.3) is 0 Å². The minimum atomic E-state index is -0.165. The minimum absolute atomic E-state index is 0.165. The Balaban J connectivity index is 1.48. The summed E-state index contributed by atoms with van der Waals surface area (Å²) in [5.41, 5.74) is 3.27. The summed E-state index contributed by atoms with van der Waals surface area (Å²) in [4.78, 5) is 16.4. The summed E-state index contributed by atoms with van der Waals surface area (Å²) in [7, 11) is 1.75. The third-order valence-electron chi connectivity index (χ3n) is 6.26. The van der Waals surface area contributed by atoms with Crippen LogP contribution < -0.4 is 15.0 Å². The Bertz CT molecular complexity index is 1360. The van der Waals surface area contributed by atoms with E-state index in [1.807, 2.05) is 48.9 Å². The fourth-order valence-corrected chi connectivity index (χ4v) is 4.34. The fraction of sp³-hybridized carbons (Fsp3) is 0.400. The average Bonchev–Trinajstić information content (AvgIpc) is 3.32. The van der Waals surface area contributed by atoms with Crippen LogP contribution in [0.5, 0.6) is 5.75 Å². The highest BCUT2D eigenvalue weighted by atomic mass is 16.5. The molecule has 1 fully saturated rings. The van der Waals surface area contributed by atoms with E-state index in [1.54, 1.807) is 13.4 Å². The van der Waals surface area contributed by atoms with Gasteiger partial charge in [0.1, 0.15) is 17.6 Å². The standard InChI is InChI=1S/C25H30N8O2/c1-6-32-15-27-31-22(32)17-8-9-19(20(11-17)35-7-2)29-24-26-12-18-10-16(3)28-23(21(18)30-24)33-13-25(4,14-33)34-5/h8-12,15H,6-7,13-14H2,1-5H3,(H,26,29,30). The van der Waals surface area contributed by atoms with Crippen LogP contribution >= 0.6 is 0 Å². The van der Waals surface area contributed by atoms with E-state index in [0.29, 0.717) is 18.3 Å². The molecule has 4 heterocycles. The van der Waals surface area contributed by atoms with Crippen molar-refractivity contribution in [2.45, 2.75) is 39.8 Å². The second kappa shape index (κ2) is 9.10. The van der Waals surface area contributed by atoms with E-state index in [9.17, 15) is 0 Å². The van der Waals surface area contributed by atoms with E-state index in [0.717, 1.165) is 59.1 Å². The Labute approximate surface area is 204 Å². The summed E-state index contributed by atoms with van der Waals surface area (Å²) in [6, 6.07) is 7.91. The van der Waals surface area contributed by atoms with Gasteiger partial charge in [-0.3, -0.25) is 0 Å². The second-order valence-corrected chi connectivity index (χ2v) is 8.94. The predicted molar refractivity (Wildman–Crippen MR) is 135 cm³/mol. The van der Waals surface area contributed by atoms with Crippen LogP contribution in [0.2, 0.25) is 0 Å². The summed E-state index contributed by atoms with van der Waals surface area (Å²) in [6.45, 7) is 10.9. The molecule has 1 N–H and O–H groups in total. The molecule has 5 rings (SSSR count). The first-order chi connectivity index (χ1) is 16.9. The number of hydrogen-bond acceptors (Lipinski definition) is 9. The lowest BCUT2D eigenvalue weighted by molar-refractivity contribution is -0.0170. The first kappa shape index (κ1) is 23.0. The molecule has 1 saturated heterocycles. The topological polar surface area (TPSA) is 103 Å². The summed E-state index contributed by atoms with van der Waals surface area (Å²) < 4.78 is 13.5. The van der Waals surface area contributed by atoms with Gasteiger partial charge in [0, 0.05) is 36.5 Å². The van der Waals surface area contributed by atoms with E-state index in [4.69, 9.17) is 19.4 Å². The van der Waals surface area contributed by atoms with Crippen LogP contribution in [0.15, 0.2) is 36.8 Å². The molecule has 0 spiro atoms. The third-order valence-corrected chi connectivity index (χ3v) is 6.26. The number of hydrogen-bond donors (Lipinski definition) is 1. The van der Waals surface area contributed by atoms with Gasteiger partial charge >= 0.3 is 0 Å². The largest absolute Gasteiger partial charge is 0.492 e. The maximum absolute atomic E-state index is 5.94. The number of nitrogens with zero attached hydrogens (tertiary/aromatic N) is 7. The van der Waals surface area contributed by atoms with Crippen molar-refractivity contribution in [3.63, 3.8) is 0 Å². The Morgan fingerprint density at radius 2 is 1.97 bits per heavy atom. The lowest BCUT2D eigenvalue weighted by Gasteiger charge is -2.47. The summed E-state index contributed by atoms with van der Waals surface area (Å²) in [5, 5.41) is 12.6. The Morgan fingerprint density at radius 1 is 1.14 bits per heavy atom. The van der Waals surface area contributed by atoms with Crippen LogP contribution in [0.4, 0.5) is 17.5 Å². The molecule has 0 radical (unpaired) electrons. The van der Waals surface area contributed by atoms with Crippen LogP contribution in [0, 0.1) is 6.92 Å². The smallest absolute Gasteiger partial charge is 0.227 e. The third kappa shape index (κ3) is 4.37. The molecular weight excluding hydrogens is 444 g/mol. The van der Waals surface area contributed by atoms with Crippen molar-refractivity contribution in [3.05, 3.63) is 42.5 Å². The van der Waals surface area contributed by atoms with Gasteiger partial charge < -0.3 is 24.3 Å². The van der Waals surface area contributed by atoms with Gasteiger partial charge in [-0.25, -0.2) is 15.0 Å². The number of rotatable bonds is 8. The molecule has 1 aliphatic heterocycles. The van der Waals surface area contributed by atoms with Gasteiger partial charge in [-0.15, -0.1) is 10.2 Å². The van der Waals surface area contributed by atoms with Crippen LogP contribution in [0.1, 0.15) is 26.5 Å². The number of nitrogens with one attached hydrogen (secondary N) is 1. The molecule has 0 amide bonds. The van der Waals surface area contributed by atoms with Crippen molar-refractivity contribution in [3.8, 4) is 17.1 Å². The van der Waals surface area contributed by atoms with Crippen LogP contribution in [-0.4, -0.2) is 62.1 Å². The Hall–Kier alpha value is -3.79. The fourth-order valence-electron chi connectivity index (χ4n) is 4.34. The molecule has 0 unspecified atom stereocenters. The van der Waals surface area contributed by atoms with Gasteiger partial charge in [0.15, 0.2) is 11.6 Å². The summed E-state index contributed by atoms with van der Waals surface area (Å²) in [6.07, 6.45) is 3.56. The molecule has 0 bridgehead atoms. The quantitative estimate of drug-likeness (QED) is 0.406. The highest BCUT2D eigenvalue weighted by molar-refractivity contribution is 5.90. The van der Waals surface area contributed by atoms with Gasteiger partial charge in [-0.2, -0.15) is 0 Å². The van der Waals surface area contributed by atoms with Crippen LogP contribution in [0.3, 0.4) is 0 Å². The monoisotopic (exact) mass is 474 g/mol. The Kier molecular flexibility index (Phi) is 5.98. The molecule has 3 aromatic heterocycles. The summed E-state index contributed by atoms with van der Waals surface area (Å²) >= 11 is 0. The van der Waals surface area contributed by atoms with E-state index in [1.165, 1.54) is 0 Å². The van der Waals surface area contributed by atoms with Gasteiger partial charge in [-0.05, 0) is 52.0 Å². The van der Waals surface area contributed by atoms with Crippen LogP contribution in [0.25, 0.3) is 22.3 Å². The molecule has 35 heavy (non-hydrogen) atoms. The van der Waals surface area contributed by atoms with E-state index in [-0.39, 0.29) is 5.60 Å². The molecule has 182 valence electrons. The molecule has 1 aromatic carbocycles. The van der Waals surface area contributed by atoms with Gasteiger partial charge in [0.2, 0.25) is 5.95 Å². The normalized spacial score (nSPS) is 14.7. The Morgan fingerprint density at radius 3 is 2.71 bits per heavy atom. The lowest BCUT2D eigenvalue weighted by atomic mass is 9.96. The van der Waals surface area contributed by atoms with Gasteiger partial charge in [-0.1, -0.05) is 0 Å². The number of fused-ring (bicyclic) bond motifs is 1. The van der Waals surface area contributed by atoms with E-state index < -0.39 is 0 Å². The highest BCUT2D eigenvalue weighted by Crippen LogP contribution is 2.35. The highest BCUT2D eigenvalue weighted by Gasteiger charge is 2.40. The molecule has 0 atom stereocenters. The van der Waals surface area contributed by atoms with Crippen molar-refractivity contribution in [2.75, 3.05) is 37.0 Å². The molecule has 1 aliphatic rings. The zero-order valence-corrected chi connectivity index (χ0v) is 20.7. The number of methoxy groups -OCH3 is 1. The predicted octanol–water partition coefficient (Wildman–Crippen LogP) is 3.98. The number of anilines is 3. The number of aromatic nitrogens is 6. The lowest BCUT2D eigenvalue weighted by Crippen LogP contribution is -2.61. The van der Waals surface area contributed by atoms with E-state index >= 15 is 0 Å². The number of pyridine rings is 1. The zero-order valence-electron chi connectivity index (χ0n) is 20.7. The van der Waals surface area contributed by atoms with Gasteiger partial charge in [0.05, 0.1) is 31.0 Å². The average molecular weight is 475 g/mol. The molecular formula is C25H30N8O2. The number of aryl methyl sites for hydroxylation is 2. The molecule has 0 aliphatic carbocycles. The van der Waals surface area contributed by atoms with E-state index in [2.05, 4.69) is 39.2 Å². The molecule has 10 heteroatoms. The first-order valence-corrected chi connectivity index (χ1v) is 11.8. The first-order valence-electron chi connectivity index (χ1n) is 11.8. The SMILES string of the molecule is CCOc1cc(-c2nncn2CC)ccc1Nc1ncc2cc(C)nc(N3CC(C)(OC)C3)c2n1. The molecule has 10 nitrogen and oxygen atoms in total. The minimum Gasteiger partial charge on any atom is -0.492 e. The number of benzene rings is 1. The van der Waals surface area contributed by atoms with Crippen LogP contribution in [-0.2, 0) is 11.3 Å².